The SMILES string of the molecule is CC1(C)CCCN1CC(O)COCc1ccccc1. The lowest BCUT2D eigenvalue weighted by Crippen LogP contribution is -2.43. The first-order valence-electron chi connectivity index (χ1n) is 7.13. The molecule has 1 aliphatic rings. The fourth-order valence-electron chi connectivity index (χ4n) is 2.70. The van der Waals surface area contributed by atoms with E-state index < -0.39 is 6.10 Å². The van der Waals surface area contributed by atoms with Gasteiger partial charge in [0.25, 0.3) is 0 Å². The van der Waals surface area contributed by atoms with Crippen LogP contribution >= 0.6 is 0 Å². The molecular weight excluding hydrogens is 238 g/mol. The van der Waals surface area contributed by atoms with Gasteiger partial charge in [-0.25, -0.2) is 0 Å². The summed E-state index contributed by atoms with van der Waals surface area (Å²) < 4.78 is 5.58. The molecule has 0 saturated carbocycles. The first kappa shape index (κ1) is 14.5. The Labute approximate surface area is 116 Å². The van der Waals surface area contributed by atoms with E-state index in [9.17, 15) is 5.11 Å². The lowest BCUT2D eigenvalue weighted by atomic mass is 10.0. The van der Waals surface area contributed by atoms with E-state index >= 15 is 0 Å². The number of β-amino-alcohol motifs (C(OH)–C–C–N with tert-alkyl or cyclic N) is 1. The van der Waals surface area contributed by atoms with Gasteiger partial charge >= 0.3 is 0 Å². The third-order valence-electron chi connectivity index (χ3n) is 3.93. The summed E-state index contributed by atoms with van der Waals surface area (Å²) in [5.41, 5.74) is 1.37. The predicted octanol–water partition coefficient (Wildman–Crippen LogP) is 2.44. The molecule has 1 aromatic rings. The molecule has 2 rings (SSSR count). The summed E-state index contributed by atoms with van der Waals surface area (Å²) in [5.74, 6) is 0. The van der Waals surface area contributed by atoms with Crippen LogP contribution in [0.25, 0.3) is 0 Å². The molecule has 0 radical (unpaired) electrons. The molecule has 1 unspecified atom stereocenters. The summed E-state index contributed by atoms with van der Waals surface area (Å²) in [4.78, 5) is 2.36. The number of likely N-dealkylation sites (tertiary alicyclic amines) is 1. The minimum Gasteiger partial charge on any atom is -0.389 e. The smallest absolute Gasteiger partial charge is 0.0900 e. The number of hydrogen-bond acceptors (Lipinski definition) is 3. The van der Waals surface area contributed by atoms with Crippen molar-refractivity contribution < 1.29 is 9.84 Å². The van der Waals surface area contributed by atoms with Crippen LogP contribution in [0.1, 0.15) is 32.3 Å². The van der Waals surface area contributed by atoms with Crippen LogP contribution < -0.4 is 0 Å². The van der Waals surface area contributed by atoms with Gasteiger partial charge in [-0.1, -0.05) is 30.3 Å². The lowest BCUT2D eigenvalue weighted by molar-refractivity contribution is -0.000386. The molecular formula is C16H25NO2. The van der Waals surface area contributed by atoms with E-state index in [0.717, 1.165) is 12.1 Å². The van der Waals surface area contributed by atoms with E-state index in [4.69, 9.17) is 4.74 Å². The van der Waals surface area contributed by atoms with E-state index in [2.05, 4.69) is 18.7 Å². The van der Waals surface area contributed by atoms with Crippen molar-refractivity contribution in [3.63, 3.8) is 0 Å². The Hall–Kier alpha value is -0.900. The van der Waals surface area contributed by atoms with E-state index in [1.165, 1.54) is 12.8 Å². The topological polar surface area (TPSA) is 32.7 Å². The number of hydrogen-bond donors (Lipinski definition) is 1. The van der Waals surface area contributed by atoms with Gasteiger partial charge in [-0.05, 0) is 38.8 Å². The molecule has 1 fully saturated rings. The Morgan fingerprint density at radius 2 is 2.05 bits per heavy atom. The van der Waals surface area contributed by atoms with E-state index in [1.807, 2.05) is 30.3 Å². The number of aliphatic hydroxyl groups is 1. The third kappa shape index (κ3) is 4.30. The number of aliphatic hydroxyl groups excluding tert-OH is 1. The first-order chi connectivity index (χ1) is 9.08. The fourth-order valence-corrected chi connectivity index (χ4v) is 2.70. The molecule has 0 aliphatic carbocycles. The standard InChI is InChI=1S/C16H25NO2/c1-16(2)9-6-10-17(16)11-15(18)13-19-12-14-7-4-3-5-8-14/h3-5,7-8,15,18H,6,9-13H2,1-2H3. The summed E-state index contributed by atoms with van der Waals surface area (Å²) in [5, 5.41) is 10.1. The molecule has 106 valence electrons. The van der Waals surface area contributed by atoms with Crippen LogP contribution in [0.4, 0.5) is 0 Å². The van der Waals surface area contributed by atoms with Crippen molar-refractivity contribution in [3.8, 4) is 0 Å². The molecule has 1 atom stereocenters. The zero-order valence-corrected chi connectivity index (χ0v) is 12.0. The Balaban J connectivity index is 1.69. The Morgan fingerprint density at radius 1 is 1.32 bits per heavy atom. The van der Waals surface area contributed by atoms with Crippen molar-refractivity contribution in [1.82, 2.24) is 4.90 Å². The Kier molecular flexibility index (Phi) is 4.97. The van der Waals surface area contributed by atoms with E-state index in [0.29, 0.717) is 19.8 Å². The molecule has 3 heteroatoms. The highest BCUT2D eigenvalue weighted by Gasteiger charge is 2.32. The number of ether oxygens (including phenoxy) is 1. The van der Waals surface area contributed by atoms with E-state index in [-0.39, 0.29) is 5.54 Å². The van der Waals surface area contributed by atoms with Gasteiger partial charge in [0.1, 0.15) is 0 Å². The summed E-state index contributed by atoms with van der Waals surface area (Å²) >= 11 is 0. The average Bonchev–Trinajstić information content (AvgIpc) is 2.70. The van der Waals surface area contributed by atoms with Gasteiger partial charge in [0, 0.05) is 12.1 Å². The van der Waals surface area contributed by atoms with Gasteiger partial charge in [-0.15, -0.1) is 0 Å². The highest BCUT2D eigenvalue weighted by Crippen LogP contribution is 2.27. The lowest BCUT2D eigenvalue weighted by Gasteiger charge is -2.33. The number of rotatable bonds is 6. The number of nitrogens with zero attached hydrogens (tertiary/aromatic N) is 1. The van der Waals surface area contributed by atoms with Crippen molar-refractivity contribution in [3.05, 3.63) is 35.9 Å². The Morgan fingerprint density at radius 3 is 2.68 bits per heavy atom. The third-order valence-corrected chi connectivity index (χ3v) is 3.93. The van der Waals surface area contributed by atoms with Crippen molar-refractivity contribution in [2.24, 2.45) is 0 Å². The van der Waals surface area contributed by atoms with Crippen molar-refractivity contribution in [2.45, 2.75) is 44.9 Å². The minimum atomic E-state index is -0.402. The summed E-state index contributed by atoms with van der Waals surface area (Å²) in [7, 11) is 0. The largest absolute Gasteiger partial charge is 0.389 e. The molecule has 1 aromatic carbocycles. The maximum Gasteiger partial charge on any atom is 0.0900 e. The molecule has 0 spiro atoms. The van der Waals surface area contributed by atoms with Crippen molar-refractivity contribution in [1.29, 1.82) is 0 Å². The molecule has 0 amide bonds. The number of benzene rings is 1. The second kappa shape index (κ2) is 6.51. The highest BCUT2D eigenvalue weighted by molar-refractivity contribution is 5.13. The normalized spacial score (nSPS) is 20.6. The average molecular weight is 263 g/mol. The maximum atomic E-state index is 10.1. The van der Waals surface area contributed by atoms with Gasteiger partial charge in [-0.3, -0.25) is 4.90 Å². The molecule has 1 saturated heterocycles. The molecule has 19 heavy (non-hydrogen) atoms. The monoisotopic (exact) mass is 263 g/mol. The molecule has 0 bridgehead atoms. The second-order valence-electron chi connectivity index (χ2n) is 6.02. The van der Waals surface area contributed by atoms with Crippen LogP contribution in [0, 0.1) is 0 Å². The van der Waals surface area contributed by atoms with Gasteiger partial charge in [-0.2, -0.15) is 0 Å². The zero-order chi connectivity index (χ0) is 13.7. The Bertz CT molecular complexity index is 378. The second-order valence-corrected chi connectivity index (χ2v) is 6.02. The van der Waals surface area contributed by atoms with Crippen molar-refractivity contribution in [2.75, 3.05) is 19.7 Å². The fraction of sp³-hybridized carbons (Fsp3) is 0.625. The first-order valence-corrected chi connectivity index (χ1v) is 7.13. The molecule has 3 nitrogen and oxygen atoms in total. The van der Waals surface area contributed by atoms with Gasteiger partial charge in [0.05, 0.1) is 19.3 Å². The quantitative estimate of drug-likeness (QED) is 0.855. The van der Waals surface area contributed by atoms with Crippen LogP contribution in [0.5, 0.6) is 0 Å². The zero-order valence-electron chi connectivity index (χ0n) is 12.0. The van der Waals surface area contributed by atoms with Crippen LogP contribution in [-0.2, 0) is 11.3 Å². The maximum absolute atomic E-state index is 10.1. The van der Waals surface area contributed by atoms with Crippen molar-refractivity contribution >= 4 is 0 Å². The molecule has 1 N–H and O–H groups in total. The van der Waals surface area contributed by atoms with Crippen LogP contribution in [-0.4, -0.2) is 41.3 Å². The van der Waals surface area contributed by atoms with Gasteiger partial charge in [0.2, 0.25) is 0 Å². The molecule has 1 heterocycles. The van der Waals surface area contributed by atoms with E-state index in [1.54, 1.807) is 0 Å². The van der Waals surface area contributed by atoms with Gasteiger partial charge in [0.15, 0.2) is 0 Å². The van der Waals surface area contributed by atoms with Crippen LogP contribution in [0.2, 0.25) is 0 Å². The van der Waals surface area contributed by atoms with Gasteiger partial charge < -0.3 is 9.84 Å². The molecule has 0 aromatic heterocycles. The summed E-state index contributed by atoms with van der Waals surface area (Å²) in [6.07, 6.45) is 2.04. The minimum absolute atomic E-state index is 0.223. The summed E-state index contributed by atoms with van der Waals surface area (Å²) in [6.45, 7) is 7.27. The summed E-state index contributed by atoms with van der Waals surface area (Å²) in [6, 6.07) is 10.1. The highest BCUT2D eigenvalue weighted by atomic mass is 16.5. The predicted molar refractivity (Wildman–Crippen MR) is 77.0 cm³/mol. The van der Waals surface area contributed by atoms with Crippen LogP contribution in [0.3, 0.4) is 0 Å². The van der Waals surface area contributed by atoms with Crippen LogP contribution in [0.15, 0.2) is 30.3 Å². The molecule has 1 aliphatic heterocycles.